The predicted octanol–water partition coefficient (Wildman–Crippen LogP) is 3.35. The van der Waals surface area contributed by atoms with Gasteiger partial charge in [-0.1, -0.05) is 15.9 Å². The fraction of sp³-hybridized carbons (Fsp3) is 0.462. The number of carbonyl (C=O) groups is 1. The van der Waals surface area contributed by atoms with E-state index in [1.807, 2.05) is 18.2 Å². The summed E-state index contributed by atoms with van der Waals surface area (Å²) >= 11 is 3.38. The topological polar surface area (TPSA) is 35.5 Å². The lowest BCUT2D eigenvalue weighted by molar-refractivity contribution is -0.127. The van der Waals surface area contributed by atoms with Gasteiger partial charge in [0, 0.05) is 10.9 Å². The second kappa shape index (κ2) is 5.54. The van der Waals surface area contributed by atoms with Crippen LogP contribution in [0.25, 0.3) is 0 Å². The monoisotopic (exact) mass is 298 g/mol. The summed E-state index contributed by atoms with van der Waals surface area (Å²) in [5.74, 6) is 1.48. The first-order valence-corrected chi connectivity index (χ1v) is 6.53. The maximum atomic E-state index is 11.7. The molecule has 1 aromatic carbocycles. The van der Waals surface area contributed by atoms with Gasteiger partial charge in [-0.25, -0.2) is 0 Å². The molecule has 1 fully saturated rings. The average molecular weight is 299 g/mol. The van der Waals surface area contributed by atoms with E-state index in [1.165, 1.54) is 0 Å². The van der Waals surface area contributed by atoms with Gasteiger partial charge in [-0.3, -0.25) is 4.79 Å². The molecule has 2 rings (SSSR count). The summed E-state index contributed by atoms with van der Waals surface area (Å²) in [6.07, 6.45) is 3.14. The van der Waals surface area contributed by atoms with Crippen molar-refractivity contribution in [2.75, 3.05) is 7.11 Å². The van der Waals surface area contributed by atoms with Gasteiger partial charge in [-0.2, -0.15) is 0 Å². The van der Waals surface area contributed by atoms with Crippen molar-refractivity contribution in [1.29, 1.82) is 0 Å². The van der Waals surface area contributed by atoms with Crippen LogP contribution in [-0.2, 0) is 4.79 Å². The second-order valence-electron chi connectivity index (χ2n) is 4.11. The number of hydrogen-bond donors (Lipinski definition) is 0. The number of hydrogen-bond acceptors (Lipinski definition) is 3. The Morgan fingerprint density at radius 1 is 1.29 bits per heavy atom. The molecule has 1 aliphatic carbocycles. The first-order chi connectivity index (χ1) is 8.20. The number of halogens is 1. The lowest BCUT2D eigenvalue weighted by Crippen LogP contribution is -2.30. The lowest BCUT2D eigenvalue weighted by atomic mass is 9.96. The molecule has 1 atom stereocenters. The van der Waals surface area contributed by atoms with Gasteiger partial charge in [-0.05, 0) is 37.5 Å². The lowest BCUT2D eigenvalue weighted by Gasteiger charge is -2.22. The van der Waals surface area contributed by atoms with E-state index >= 15 is 0 Å². The molecule has 1 unspecified atom stereocenters. The van der Waals surface area contributed by atoms with Crippen LogP contribution in [0, 0.1) is 0 Å². The van der Waals surface area contributed by atoms with Crippen LogP contribution in [-0.4, -0.2) is 19.0 Å². The summed E-state index contributed by atoms with van der Waals surface area (Å²) in [4.78, 5) is 11.7. The normalized spacial score (nSPS) is 20.1. The molecule has 0 saturated heterocycles. The highest BCUT2D eigenvalue weighted by Gasteiger charge is 2.24. The van der Waals surface area contributed by atoms with Gasteiger partial charge >= 0.3 is 0 Å². The van der Waals surface area contributed by atoms with Crippen LogP contribution >= 0.6 is 15.9 Å². The van der Waals surface area contributed by atoms with E-state index < -0.39 is 0 Å². The predicted molar refractivity (Wildman–Crippen MR) is 68.6 cm³/mol. The largest absolute Gasteiger partial charge is 0.493 e. The van der Waals surface area contributed by atoms with Crippen LogP contribution in [0.1, 0.15) is 25.7 Å². The van der Waals surface area contributed by atoms with E-state index in [-0.39, 0.29) is 11.9 Å². The number of rotatable bonds is 3. The van der Waals surface area contributed by atoms with Crippen molar-refractivity contribution in [3.63, 3.8) is 0 Å². The zero-order valence-corrected chi connectivity index (χ0v) is 11.3. The minimum Gasteiger partial charge on any atom is -0.493 e. The molecule has 0 aromatic heterocycles. The van der Waals surface area contributed by atoms with E-state index in [0.29, 0.717) is 17.9 Å². The third-order valence-electron chi connectivity index (χ3n) is 2.89. The molecule has 0 bridgehead atoms. The van der Waals surface area contributed by atoms with E-state index in [1.54, 1.807) is 7.11 Å². The first-order valence-electron chi connectivity index (χ1n) is 5.73. The van der Waals surface area contributed by atoms with Crippen molar-refractivity contribution in [1.82, 2.24) is 0 Å². The SMILES string of the molecule is COc1ccc(Br)cc1OC1CCCCC1=O. The molecule has 17 heavy (non-hydrogen) atoms. The minimum absolute atomic E-state index is 0.193. The fourth-order valence-corrected chi connectivity index (χ4v) is 2.31. The van der Waals surface area contributed by atoms with Crippen LogP contribution in [0.4, 0.5) is 0 Å². The number of ether oxygens (including phenoxy) is 2. The summed E-state index contributed by atoms with van der Waals surface area (Å²) < 4.78 is 11.9. The highest BCUT2D eigenvalue weighted by Crippen LogP contribution is 2.32. The quantitative estimate of drug-likeness (QED) is 0.858. The molecule has 92 valence electrons. The van der Waals surface area contributed by atoms with E-state index in [2.05, 4.69) is 15.9 Å². The molecule has 0 radical (unpaired) electrons. The van der Waals surface area contributed by atoms with Gasteiger partial charge < -0.3 is 9.47 Å². The van der Waals surface area contributed by atoms with Crippen molar-refractivity contribution in [3.05, 3.63) is 22.7 Å². The second-order valence-corrected chi connectivity index (χ2v) is 5.03. The summed E-state index contributed by atoms with van der Waals surface area (Å²) in [5.41, 5.74) is 0. The third-order valence-corrected chi connectivity index (χ3v) is 3.39. The molecular weight excluding hydrogens is 284 g/mol. The molecular formula is C13H15BrO3. The molecule has 0 aliphatic heterocycles. The molecule has 0 N–H and O–H groups in total. The standard InChI is InChI=1S/C13H15BrO3/c1-16-12-7-6-9(14)8-13(12)17-11-5-3-2-4-10(11)15/h6-8,11H,2-5H2,1H3. The van der Waals surface area contributed by atoms with Crippen LogP contribution in [0.15, 0.2) is 22.7 Å². The molecule has 0 amide bonds. The van der Waals surface area contributed by atoms with Gasteiger partial charge in [0.15, 0.2) is 23.4 Å². The van der Waals surface area contributed by atoms with Crippen molar-refractivity contribution in [3.8, 4) is 11.5 Å². The number of carbonyl (C=O) groups excluding carboxylic acids is 1. The fourth-order valence-electron chi connectivity index (χ4n) is 1.97. The molecule has 1 aromatic rings. The van der Waals surface area contributed by atoms with Gasteiger partial charge in [0.1, 0.15) is 0 Å². The highest BCUT2D eigenvalue weighted by atomic mass is 79.9. The van der Waals surface area contributed by atoms with Crippen LogP contribution in [0.3, 0.4) is 0 Å². The van der Waals surface area contributed by atoms with Crippen molar-refractivity contribution >= 4 is 21.7 Å². The molecule has 0 heterocycles. The van der Waals surface area contributed by atoms with Crippen molar-refractivity contribution in [2.24, 2.45) is 0 Å². The third kappa shape index (κ3) is 3.00. The molecule has 0 spiro atoms. The van der Waals surface area contributed by atoms with Crippen molar-refractivity contribution in [2.45, 2.75) is 31.8 Å². The van der Waals surface area contributed by atoms with Crippen LogP contribution < -0.4 is 9.47 Å². The average Bonchev–Trinajstić information content (AvgIpc) is 2.32. The summed E-state index contributed by atoms with van der Waals surface area (Å²) in [6, 6.07) is 5.54. The van der Waals surface area contributed by atoms with Gasteiger partial charge in [-0.15, -0.1) is 0 Å². The van der Waals surface area contributed by atoms with E-state index in [4.69, 9.17) is 9.47 Å². The number of ketones is 1. The zero-order valence-electron chi connectivity index (χ0n) is 9.74. The van der Waals surface area contributed by atoms with E-state index in [0.717, 1.165) is 23.7 Å². The first kappa shape index (κ1) is 12.4. The zero-order chi connectivity index (χ0) is 12.3. The Kier molecular flexibility index (Phi) is 4.05. The Hall–Kier alpha value is -1.03. The number of benzene rings is 1. The maximum Gasteiger partial charge on any atom is 0.173 e. The summed E-state index contributed by atoms with van der Waals surface area (Å²) in [7, 11) is 1.60. The Bertz CT molecular complexity index is 417. The number of methoxy groups -OCH3 is 1. The van der Waals surface area contributed by atoms with Crippen LogP contribution in [0.5, 0.6) is 11.5 Å². The number of Topliss-reactive ketones (excluding diaryl/α,β-unsaturated/α-hetero) is 1. The maximum absolute atomic E-state index is 11.7. The summed E-state index contributed by atoms with van der Waals surface area (Å²) in [6.45, 7) is 0. The Labute approximate surface area is 109 Å². The Morgan fingerprint density at radius 3 is 2.82 bits per heavy atom. The highest BCUT2D eigenvalue weighted by molar-refractivity contribution is 9.10. The van der Waals surface area contributed by atoms with Crippen LogP contribution in [0.2, 0.25) is 0 Å². The minimum atomic E-state index is -0.313. The Balaban J connectivity index is 2.16. The van der Waals surface area contributed by atoms with E-state index in [9.17, 15) is 4.79 Å². The Morgan fingerprint density at radius 2 is 2.12 bits per heavy atom. The van der Waals surface area contributed by atoms with Gasteiger partial charge in [0.25, 0.3) is 0 Å². The van der Waals surface area contributed by atoms with Gasteiger partial charge in [0.2, 0.25) is 0 Å². The van der Waals surface area contributed by atoms with Gasteiger partial charge in [0.05, 0.1) is 7.11 Å². The van der Waals surface area contributed by atoms with Crippen molar-refractivity contribution < 1.29 is 14.3 Å². The molecule has 1 aliphatic rings. The molecule has 3 nitrogen and oxygen atoms in total. The molecule has 1 saturated carbocycles. The molecule has 4 heteroatoms. The summed E-state index contributed by atoms with van der Waals surface area (Å²) in [5, 5.41) is 0. The smallest absolute Gasteiger partial charge is 0.173 e.